The van der Waals surface area contributed by atoms with Crippen LogP contribution in [0, 0.1) is 10.1 Å². The van der Waals surface area contributed by atoms with Gasteiger partial charge in [-0.15, -0.1) is 0 Å². The fourth-order valence-corrected chi connectivity index (χ4v) is 8.95. The molecule has 0 radical (unpaired) electrons. The van der Waals surface area contributed by atoms with Crippen LogP contribution in [0.5, 0.6) is 11.5 Å². The molecule has 5 aromatic carbocycles. The summed E-state index contributed by atoms with van der Waals surface area (Å²) >= 11 is 0. The van der Waals surface area contributed by atoms with E-state index in [1.807, 2.05) is 83.8 Å². The number of aromatic nitrogens is 1. The van der Waals surface area contributed by atoms with Gasteiger partial charge in [0.15, 0.2) is 0 Å². The lowest BCUT2D eigenvalue weighted by atomic mass is 9.90. The molecule has 0 bridgehead atoms. The first-order valence-corrected chi connectivity index (χ1v) is 21.1. The molecule has 12 nitrogen and oxygen atoms in total. The number of hydrogen-bond acceptors (Lipinski definition) is 7. The summed E-state index contributed by atoms with van der Waals surface area (Å²) in [4.78, 5) is 58.9. The van der Waals surface area contributed by atoms with E-state index in [1.54, 1.807) is 16.8 Å². The second-order valence-corrected chi connectivity index (χ2v) is 16.3. The van der Waals surface area contributed by atoms with E-state index < -0.39 is 11.0 Å². The second-order valence-electron chi connectivity index (χ2n) is 16.3. The smallest absolute Gasteiger partial charge is 0.415 e. The number of nitrogens with zero attached hydrogens (tertiary/aromatic N) is 5. The third kappa shape index (κ3) is 8.03. The van der Waals surface area contributed by atoms with Gasteiger partial charge in [-0.25, -0.2) is 4.79 Å². The number of hydrogen-bond donors (Lipinski definition) is 0. The predicted octanol–water partition coefficient (Wildman–Crippen LogP) is 9.40. The van der Waals surface area contributed by atoms with E-state index in [4.69, 9.17) is 9.47 Å². The first-order chi connectivity index (χ1) is 30.1. The lowest BCUT2D eigenvalue weighted by Gasteiger charge is -2.36. The van der Waals surface area contributed by atoms with E-state index in [0.29, 0.717) is 43.0 Å². The summed E-state index contributed by atoms with van der Waals surface area (Å²) < 4.78 is 13.9. The number of ether oxygens (including phenoxy) is 2. The maximum Gasteiger partial charge on any atom is 0.415 e. The molecule has 314 valence electrons. The van der Waals surface area contributed by atoms with Gasteiger partial charge >= 0.3 is 6.09 Å². The van der Waals surface area contributed by atoms with Gasteiger partial charge in [0, 0.05) is 79.6 Å². The van der Waals surface area contributed by atoms with E-state index in [9.17, 15) is 19.7 Å². The number of benzene rings is 5. The van der Waals surface area contributed by atoms with Gasteiger partial charge in [-0.3, -0.25) is 19.7 Å². The molecule has 0 unspecified atom stereocenters. The Labute approximate surface area is 360 Å². The minimum absolute atomic E-state index is 0.0587. The van der Waals surface area contributed by atoms with E-state index in [1.165, 1.54) is 29.8 Å². The van der Waals surface area contributed by atoms with Crippen LogP contribution in [0.15, 0.2) is 121 Å². The van der Waals surface area contributed by atoms with Crippen molar-refractivity contribution in [2.24, 2.45) is 0 Å². The minimum atomic E-state index is -0.579. The number of nitro groups is 1. The average molecular weight is 830 g/mol. The fourth-order valence-electron chi connectivity index (χ4n) is 8.95. The Hall–Kier alpha value is -7.21. The van der Waals surface area contributed by atoms with Gasteiger partial charge in [0.25, 0.3) is 17.5 Å². The summed E-state index contributed by atoms with van der Waals surface area (Å²) in [6.45, 7) is 4.31. The van der Waals surface area contributed by atoms with Crippen molar-refractivity contribution >= 4 is 29.3 Å². The van der Waals surface area contributed by atoms with E-state index in [0.717, 1.165) is 77.1 Å². The third-order valence-electron chi connectivity index (χ3n) is 12.4. The molecular weight excluding hydrogens is 783 g/mol. The number of anilines is 1. The highest BCUT2D eigenvalue weighted by Gasteiger charge is 2.34. The standard InChI is InChI=1S/C50H47N5O7/c1-33-26-35-12-6-7-13-37(35)31-54(33)49(57)44-28-38-30-52(50(58)62-42-21-17-40(18-22-42)55(59)60)25-23-36(38)27-43(44)47-29-45(46-14-8-9-24-53(46)47)48(56)51(2)39-15-19-41(20-16-39)61-32-34-10-4-3-5-11-34/h3-7,10-13,15-22,27-29,33H,8-9,14,23-26,30-32H2,1-2H3/t33-/m1/s1. The summed E-state index contributed by atoms with van der Waals surface area (Å²) in [5.74, 6) is 0.675. The van der Waals surface area contributed by atoms with Crippen molar-refractivity contribution in [2.45, 2.75) is 71.3 Å². The molecule has 1 atom stereocenters. The van der Waals surface area contributed by atoms with Gasteiger partial charge < -0.3 is 28.7 Å². The first kappa shape index (κ1) is 40.2. The van der Waals surface area contributed by atoms with Crippen molar-refractivity contribution in [3.05, 3.63) is 176 Å². The number of carbonyl (C=O) groups is 3. The molecule has 3 aliphatic rings. The van der Waals surface area contributed by atoms with Crippen LogP contribution in [-0.2, 0) is 45.5 Å². The zero-order chi connectivity index (χ0) is 42.9. The zero-order valence-corrected chi connectivity index (χ0v) is 34.8. The van der Waals surface area contributed by atoms with Crippen molar-refractivity contribution < 1.29 is 28.8 Å². The fraction of sp³-hybridized carbons (Fsp3) is 0.260. The van der Waals surface area contributed by atoms with E-state index >= 15 is 4.79 Å². The van der Waals surface area contributed by atoms with Crippen LogP contribution < -0.4 is 14.4 Å². The Balaban J connectivity index is 1.04. The SMILES string of the molecule is C[C@@H]1Cc2ccccc2CN1C(=O)c1cc2c(cc1-c1cc(C(=O)N(C)c3ccc(OCc4ccccc4)cc3)c3n1CCCC3)CCN(C(=O)Oc1ccc([N+](=O)[O-])cc1)C2. The van der Waals surface area contributed by atoms with Gasteiger partial charge in [0.05, 0.1) is 10.5 Å². The molecule has 9 rings (SSSR count). The quantitative estimate of drug-likeness (QED) is 0.105. The maximum absolute atomic E-state index is 15.1. The van der Waals surface area contributed by atoms with Gasteiger partial charge in [-0.05, 0) is 121 Å². The molecule has 0 fully saturated rings. The highest BCUT2D eigenvalue weighted by atomic mass is 16.6. The van der Waals surface area contributed by atoms with E-state index in [2.05, 4.69) is 29.7 Å². The molecule has 6 aromatic rings. The van der Waals surface area contributed by atoms with Crippen LogP contribution >= 0.6 is 0 Å². The lowest BCUT2D eigenvalue weighted by molar-refractivity contribution is -0.384. The number of carbonyl (C=O) groups excluding carboxylic acids is 3. The second kappa shape index (κ2) is 17.0. The Morgan fingerprint density at radius 3 is 2.24 bits per heavy atom. The number of rotatable bonds is 9. The third-order valence-corrected chi connectivity index (χ3v) is 12.4. The number of fused-ring (bicyclic) bond motifs is 3. The summed E-state index contributed by atoms with van der Waals surface area (Å²) in [6.07, 6.45) is 3.31. The first-order valence-electron chi connectivity index (χ1n) is 21.1. The molecule has 62 heavy (non-hydrogen) atoms. The summed E-state index contributed by atoms with van der Waals surface area (Å²) in [5.41, 5.74) is 9.61. The van der Waals surface area contributed by atoms with Crippen LogP contribution in [0.4, 0.5) is 16.2 Å². The van der Waals surface area contributed by atoms with Crippen molar-refractivity contribution in [3.63, 3.8) is 0 Å². The molecule has 3 amide bonds. The molecule has 3 aliphatic heterocycles. The largest absolute Gasteiger partial charge is 0.489 e. The van der Waals surface area contributed by atoms with Gasteiger partial charge in [-0.2, -0.15) is 0 Å². The molecule has 4 heterocycles. The zero-order valence-electron chi connectivity index (χ0n) is 34.8. The Morgan fingerprint density at radius 2 is 1.48 bits per heavy atom. The van der Waals surface area contributed by atoms with Crippen LogP contribution in [0.2, 0.25) is 0 Å². The van der Waals surface area contributed by atoms with Crippen LogP contribution in [0.25, 0.3) is 11.3 Å². The predicted molar refractivity (Wildman–Crippen MR) is 235 cm³/mol. The molecule has 0 aliphatic carbocycles. The van der Waals surface area contributed by atoms with Gasteiger partial charge in [0.2, 0.25) is 0 Å². The van der Waals surface area contributed by atoms with Gasteiger partial charge in [0.1, 0.15) is 18.1 Å². The molecule has 0 N–H and O–H groups in total. The van der Waals surface area contributed by atoms with Gasteiger partial charge in [-0.1, -0.05) is 54.6 Å². The number of nitro benzene ring substituents is 1. The Bertz CT molecular complexity index is 2680. The molecule has 0 saturated heterocycles. The highest BCUT2D eigenvalue weighted by Crippen LogP contribution is 2.38. The molecule has 0 saturated carbocycles. The van der Waals surface area contributed by atoms with Crippen molar-refractivity contribution in [2.75, 3.05) is 18.5 Å². The lowest BCUT2D eigenvalue weighted by Crippen LogP contribution is -2.43. The minimum Gasteiger partial charge on any atom is -0.489 e. The average Bonchev–Trinajstić information content (AvgIpc) is 3.69. The summed E-state index contributed by atoms with van der Waals surface area (Å²) in [5, 5.41) is 11.1. The maximum atomic E-state index is 15.1. The molecule has 0 spiro atoms. The topological polar surface area (TPSA) is 127 Å². The summed E-state index contributed by atoms with van der Waals surface area (Å²) in [7, 11) is 1.79. The van der Waals surface area contributed by atoms with Crippen LogP contribution in [-0.4, -0.2) is 56.8 Å². The van der Waals surface area contributed by atoms with Crippen LogP contribution in [0.1, 0.15) is 74.0 Å². The van der Waals surface area contributed by atoms with Crippen LogP contribution in [0.3, 0.4) is 0 Å². The highest BCUT2D eigenvalue weighted by molar-refractivity contribution is 6.08. The molecular formula is C50H47N5O7. The summed E-state index contributed by atoms with van der Waals surface area (Å²) in [6, 6.07) is 37.1. The monoisotopic (exact) mass is 829 g/mol. The number of amides is 3. The Kier molecular flexibility index (Phi) is 11.1. The van der Waals surface area contributed by atoms with Crippen molar-refractivity contribution in [1.29, 1.82) is 0 Å². The van der Waals surface area contributed by atoms with Crippen molar-refractivity contribution in [3.8, 4) is 22.8 Å². The normalized spacial score (nSPS) is 15.5. The number of non-ortho nitro benzene ring substituents is 1. The molecule has 12 heteroatoms. The molecule has 1 aromatic heterocycles. The van der Waals surface area contributed by atoms with Crippen molar-refractivity contribution in [1.82, 2.24) is 14.4 Å². The Morgan fingerprint density at radius 1 is 0.758 bits per heavy atom. The van der Waals surface area contributed by atoms with E-state index in [-0.39, 0.29) is 35.8 Å².